The molecule has 0 atom stereocenters. The molecule has 0 radical (unpaired) electrons. The van der Waals surface area contributed by atoms with Gasteiger partial charge in [-0.15, -0.1) is 0 Å². The summed E-state index contributed by atoms with van der Waals surface area (Å²) in [6, 6.07) is 16.3. The largest absolute Gasteiger partial charge is 0.488 e. The fourth-order valence-electron chi connectivity index (χ4n) is 3.71. The van der Waals surface area contributed by atoms with Gasteiger partial charge in [0.15, 0.2) is 0 Å². The van der Waals surface area contributed by atoms with Gasteiger partial charge in [-0.05, 0) is 36.8 Å². The van der Waals surface area contributed by atoms with Crippen molar-refractivity contribution in [3.63, 3.8) is 0 Å². The highest BCUT2D eigenvalue weighted by Gasteiger charge is 2.25. The predicted molar refractivity (Wildman–Crippen MR) is 118 cm³/mol. The van der Waals surface area contributed by atoms with Crippen LogP contribution in [0.2, 0.25) is 0 Å². The monoisotopic (exact) mass is 439 g/mol. The van der Waals surface area contributed by atoms with Gasteiger partial charge in [0.1, 0.15) is 17.4 Å². The molecule has 1 aromatic heterocycles. The molecule has 1 amide bonds. The van der Waals surface area contributed by atoms with Crippen LogP contribution in [0.4, 0.5) is 0 Å². The number of fused-ring (bicyclic) bond motifs is 1. The number of piperidine rings is 1. The quantitative estimate of drug-likeness (QED) is 0.638. The Kier molecular flexibility index (Phi) is 6.20. The summed E-state index contributed by atoms with van der Waals surface area (Å²) in [7, 11) is -3.72. The maximum Gasteiger partial charge on any atom is 0.241 e. The summed E-state index contributed by atoms with van der Waals surface area (Å²) in [5.74, 6) is 0.510. The van der Waals surface area contributed by atoms with E-state index in [2.05, 4.69) is 9.71 Å². The van der Waals surface area contributed by atoms with Crippen molar-refractivity contribution in [3.05, 3.63) is 66.4 Å². The van der Waals surface area contributed by atoms with Gasteiger partial charge in [0.2, 0.25) is 15.9 Å². The second-order valence-corrected chi connectivity index (χ2v) is 9.44. The Balaban J connectivity index is 1.31. The molecule has 1 fully saturated rings. The summed E-state index contributed by atoms with van der Waals surface area (Å²) < 4.78 is 33.4. The average Bonchev–Trinajstić information content (AvgIpc) is 2.78. The van der Waals surface area contributed by atoms with Gasteiger partial charge in [0.25, 0.3) is 0 Å². The van der Waals surface area contributed by atoms with Gasteiger partial charge < -0.3 is 9.64 Å². The van der Waals surface area contributed by atoms with Gasteiger partial charge in [-0.25, -0.2) is 13.1 Å². The summed E-state index contributed by atoms with van der Waals surface area (Å²) >= 11 is 0. The van der Waals surface area contributed by atoms with Gasteiger partial charge in [-0.3, -0.25) is 9.78 Å². The first kappa shape index (κ1) is 21.3. The summed E-state index contributed by atoms with van der Waals surface area (Å²) in [5.41, 5.74) is 1.67. The number of rotatable bonds is 6. The van der Waals surface area contributed by atoms with Gasteiger partial charge in [0, 0.05) is 37.5 Å². The summed E-state index contributed by atoms with van der Waals surface area (Å²) in [6.45, 7) is 2.61. The molecule has 162 valence electrons. The zero-order valence-electron chi connectivity index (χ0n) is 17.3. The molecule has 7 nitrogen and oxygen atoms in total. The minimum absolute atomic E-state index is 0.0133. The fraction of sp³-hybridized carbons (Fsp3) is 0.304. The molecule has 8 heteroatoms. The minimum atomic E-state index is -3.72. The van der Waals surface area contributed by atoms with Gasteiger partial charge in [-0.1, -0.05) is 30.3 Å². The van der Waals surface area contributed by atoms with Crippen LogP contribution < -0.4 is 9.46 Å². The van der Waals surface area contributed by atoms with Crippen LogP contribution in [0.25, 0.3) is 10.9 Å². The number of aryl methyl sites for hydroxylation is 1. The first-order chi connectivity index (χ1) is 14.9. The van der Waals surface area contributed by atoms with E-state index in [1.54, 1.807) is 23.2 Å². The lowest BCUT2D eigenvalue weighted by Gasteiger charge is -2.32. The van der Waals surface area contributed by atoms with E-state index in [9.17, 15) is 13.2 Å². The van der Waals surface area contributed by atoms with E-state index in [1.165, 1.54) is 6.07 Å². The van der Waals surface area contributed by atoms with Gasteiger partial charge >= 0.3 is 0 Å². The van der Waals surface area contributed by atoms with Gasteiger partial charge in [-0.2, -0.15) is 0 Å². The molecule has 0 unspecified atom stereocenters. The van der Waals surface area contributed by atoms with E-state index in [-0.39, 0.29) is 23.5 Å². The molecule has 1 N–H and O–H groups in total. The summed E-state index contributed by atoms with van der Waals surface area (Å²) in [5, 5.41) is 1.02. The molecule has 0 spiro atoms. The number of hydrogen-bond donors (Lipinski definition) is 1. The van der Waals surface area contributed by atoms with Crippen LogP contribution in [0.1, 0.15) is 18.4 Å². The number of carbonyl (C=O) groups is 1. The lowest BCUT2D eigenvalue weighted by atomic mass is 10.1. The van der Waals surface area contributed by atoms with Crippen molar-refractivity contribution in [2.24, 2.45) is 0 Å². The highest BCUT2D eigenvalue weighted by atomic mass is 32.2. The van der Waals surface area contributed by atoms with Crippen molar-refractivity contribution in [2.75, 3.05) is 19.6 Å². The van der Waals surface area contributed by atoms with Crippen molar-refractivity contribution >= 4 is 26.8 Å². The van der Waals surface area contributed by atoms with Crippen LogP contribution in [0.5, 0.6) is 5.75 Å². The van der Waals surface area contributed by atoms with Gasteiger partial charge in [0.05, 0.1) is 11.4 Å². The molecular formula is C23H25N3O4S. The third-order valence-electron chi connectivity index (χ3n) is 5.40. The highest BCUT2D eigenvalue weighted by molar-refractivity contribution is 7.89. The zero-order valence-corrected chi connectivity index (χ0v) is 18.1. The number of likely N-dealkylation sites (tertiary alicyclic amines) is 1. The number of para-hydroxylation sites is 1. The number of ether oxygens (including phenoxy) is 1. The standard InChI is InChI=1S/C23H25N3O4S/c1-17-5-2-8-20(15-17)31(28,29)25-16-22(27)26-13-10-19(11-14-26)30-21-9-3-6-18-7-4-12-24-23(18)21/h2-9,12,15,19,25H,10-11,13-14,16H2,1H3. The van der Waals surface area contributed by atoms with E-state index < -0.39 is 10.0 Å². The second kappa shape index (κ2) is 9.03. The van der Waals surface area contributed by atoms with Crippen LogP contribution in [0.15, 0.2) is 65.7 Å². The molecule has 2 heterocycles. The summed E-state index contributed by atoms with van der Waals surface area (Å²) in [4.78, 5) is 18.8. The molecule has 31 heavy (non-hydrogen) atoms. The lowest BCUT2D eigenvalue weighted by Crippen LogP contribution is -2.46. The fourth-order valence-corrected chi connectivity index (χ4v) is 4.79. The molecule has 0 saturated carbocycles. The Hall–Kier alpha value is -2.97. The van der Waals surface area contributed by atoms with Crippen molar-refractivity contribution < 1.29 is 17.9 Å². The number of sulfonamides is 1. The summed E-state index contributed by atoms with van der Waals surface area (Å²) in [6.07, 6.45) is 3.09. The highest BCUT2D eigenvalue weighted by Crippen LogP contribution is 2.26. The Morgan fingerprint density at radius 2 is 1.87 bits per heavy atom. The van der Waals surface area contributed by atoms with Crippen molar-refractivity contribution in [2.45, 2.75) is 30.8 Å². The number of benzene rings is 2. The zero-order chi connectivity index (χ0) is 21.8. The molecule has 0 bridgehead atoms. The number of nitrogens with zero attached hydrogens (tertiary/aromatic N) is 2. The molecule has 0 aliphatic carbocycles. The van der Waals surface area contributed by atoms with Crippen LogP contribution in [0, 0.1) is 6.92 Å². The number of aromatic nitrogens is 1. The van der Waals surface area contributed by atoms with E-state index >= 15 is 0 Å². The number of pyridine rings is 1. The van der Waals surface area contributed by atoms with Crippen LogP contribution in [0.3, 0.4) is 0 Å². The Labute approximate surface area is 182 Å². The Morgan fingerprint density at radius 1 is 1.13 bits per heavy atom. The number of amides is 1. The minimum Gasteiger partial charge on any atom is -0.488 e. The molecule has 4 rings (SSSR count). The normalized spacial score (nSPS) is 15.2. The molecular weight excluding hydrogens is 414 g/mol. The van der Waals surface area contributed by atoms with Crippen LogP contribution >= 0.6 is 0 Å². The molecule has 2 aromatic carbocycles. The first-order valence-corrected chi connectivity index (χ1v) is 11.8. The SMILES string of the molecule is Cc1cccc(S(=O)(=O)NCC(=O)N2CCC(Oc3cccc4cccnc34)CC2)c1. The number of hydrogen-bond acceptors (Lipinski definition) is 5. The Bertz CT molecular complexity index is 1180. The first-order valence-electron chi connectivity index (χ1n) is 10.3. The van der Waals surface area contributed by atoms with Crippen molar-refractivity contribution in [1.29, 1.82) is 0 Å². The smallest absolute Gasteiger partial charge is 0.241 e. The van der Waals surface area contributed by atoms with E-state index in [1.807, 2.05) is 43.3 Å². The van der Waals surface area contributed by atoms with E-state index in [0.29, 0.717) is 25.9 Å². The number of carbonyl (C=O) groups excluding carboxylic acids is 1. The maximum atomic E-state index is 12.5. The van der Waals surface area contributed by atoms with Crippen LogP contribution in [-0.4, -0.2) is 49.9 Å². The van der Waals surface area contributed by atoms with E-state index in [4.69, 9.17) is 4.74 Å². The third kappa shape index (κ3) is 5.03. The van der Waals surface area contributed by atoms with Crippen molar-refractivity contribution in [3.8, 4) is 5.75 Å². The van der Waals surface area contributed by atoms with Crippen molar-refractivity contribution in [1.82, 2.24) is 14.6 Å². The average molecular weight is 440 g/mol. The Morgan fingerprint density at radius 3 is 2.65 bits per heavy atom. The second-order valence-electron chi connectivity index (χ2n) is 7.67. The number of nitrogens with one attached hydrogen (secondary N) is 1. The van der Waals surface area contributed by atoms with Crippen LogP contribution in [-0.2, 0) is 14.8 Å². The molecule has 3 aromatic rings. The predicted octanol–water partition coefficient (Wildman–Crippen LogP) is 2.89. The molecule has 1 saturated heterocycles. The topological polar surface area (TPSA) is 88.6 Å². The maximum absolute atomic E-state index is 12.5. The van der Waals surface area contributed by atoms with E-state index in [0.717, 1.165) is 22.2 Å². The molecule has 1 aliphatic heterocycles. The third-order valence-corrected chi connectivity index (χ3v) is 6.80. The lowest BCUT2D eigenvalue weighted by molar-refractivity contribution is -0.131. The molecule has 1 aliphatic rings.